The van der Waals surface area contributed by atoms with E-state index >= 15 is 0 Å². The van der Waals surface area contributed by atoms with Gasteiger partial charge in [-0.2, -0.15) is 0 Å². The highest BCUT2D eigenvalue weighted by Gasteiger charge is 2.17. The summed E-state index contributed by atoms with van der Waals surface area (Å²) in [5.74, 6) is 0.826. The van der Waals surface area contributed by atoms with Gasteiger partial charge in [0.15, 0.2) is 11.5 Å². The van der Waals surface area contributed by atoms with E-state index in [-0.39, 0.29) is 5.02 Å². The zero-order valence-corrected chi connectivity index (χ0v) is 21.4. The fourth-order valence-electron chi connectivity index (χ4n) is 4.34. The van der Waals surface area contributed by atoms with E-state index in [0.29, 0.717) is 28.5 Å². The van der Waals surface area contributed by atoms with Crippen molar-refractivity contribution in [2.24, 2.45) is 0 Å². The molecular weight excluding hydrogens is 517 g/mol. The Morgan fingerprint density at radius 1 is 0.923 bits per heavy atom. The summed E-state index contributed by atoms with van der Waals surface area (Å²) < 4.78 is 17.3. The van der Waals surface area contributed by atoms with Crippen molar-refractivity contribution in [3.8, 4) is 28.5 Å². The molecule has 0 saturated carbocycles. The number of aryl methyl sites for hydroxylation is 1. The van der Waals surface area contributed by atoms with Gasteiger partial charge in [0.05, 0.1) is 10.7 Å². The van der Waals surface area contributed by atoms with Crippen LogP contribution in [0.4, 0.5) is 20.6 Å². The number of urea groups is 1. The van der Waals surface area contributed by atoms with Crippen molar-refractivity contribution in [1.29, 1.82) is 0 Å². The Bertz CT molecular complexity index is 1850. The summed E-state index contributed by atoms with van der Waals surface area (Å²) in [6, 6.07) is 18.9. The lowest BCUT2D eigenvalue weighted by atomic mass is 10.1. The van der Waals surface area contributed by atoms with Crippen molar-refractivity contribution in [2.45, 2.75) is 6.92 Å². The molecule has 2 N–H and O–H groups in total. The number of amides is 2. The third-order valence-electron chi connectivity index (χ3n) is 6.20. The smallest absolute Gasteiger partial charge is 0.308 e. The minimum atomic E-state index is -0.557. The number of rotatable bonds is 5. The molecule has 0 aliphatic carbocycles. The molecule has 0 bridgehead atoms. The first kappa shape index (κ1) is 24.3. The number of aromatic nitrogens is 5. The van der Waals surface area contributed by atoms with Crippen molar-refractivity contribution < 1.29 is 9.18 Å². The number of nitrogens with one attached hydrogen (secondary N) is 2. The SMILES string of the molecule is Cc1ccccc1-c1nccn1-c1nc(-c2cccc(NC(=O)Nc3ccc(F)c(Cl)c3)c2)cn2ccnc12. The van der Waals surface area contributed by atoms with Crippen molar-refractivity contribution in [1.82, 2.24) is 23.9 Å². The zero-order valence-electron chi connectivity index (χ0n) is 20.6. The second kappa shape index (κ2) is 10.0. The molecular formula is C29H21ClFN7O. The van der Waals surface area contributed by atoms with Crippen LogP contribution in [-0.2, 0) is 0 Å². The number of carbonyl (C=O) groups excluding carboxylic acids is 1. The van der Waals surface area contributed by atoms with E-state index in [1.807, 2.05) is 76.9 Å². The molecule has 0 spiro atoms. The molecule has 0 unspecified atom stereocenters. The first-order chi connectivity index (χ1) is 19.0. The Labute approximate surface area is 227 Å². The summed E-state index contributed by atoms with van der Waals surface area (Å²) in [6.45, 7) is 2.04. The predicted octanol–water partition coefficient (Wildman–Crippen LogP) is 6.99. The number of hydrogen-bond donors (Lipinski definition) is 2. The molecule has 6 rings (SSSR count). The van der Waals surface area contributed by atoms with Crippen LogP contribution in [0.25, 0.3) is 34.1 Å². The Morgan fingerprint density at radius 2 is 1.72 bits per heavy atom. The fourth-order valence-corrected chi connectivity index (χ4v) is 4.52. The van der Waals surface area contributed by atoms with Crippen LogP contribution in [0.3, 0.4) is 0 Å². The van der Waals surface area contributed by atoms with E-state index in [2.05, 4.69) is 20.6 Å². The molecule has 0 saturated heterocycles. The van der Waals surface area contributed by atoms with Gasteiger partial charge >= 0.3 is 6.03 Å². The number of anilines is 2. The van der Waals surface area contributed by atoms with Gasteiger partial charge in [-0.1, -0.05) is 48.0 Å². The Morgan fingerprint density at radius 3 is 2.54 bits per heavy atom. The molecule has 39 heavy (non-hydrogen) atoms. The van der Waals surface area contributed by atoms with Crippen LogP contribution in [0, 0.1) is 12.7 Å². The highest BCUT2D eigenvalue weighted by atomic mass is 35.5. The van der Waals surface area contributed by atoms with Gasteiger partial charge in [-0.15, -0.1) is 0 Å². The van der Waals surface area contributed by atoms with Crippen molar-refractivity contribution in [2.75, 3.05) is 10.6 Å². The minimum absolute atomic E-state index is 0.0740. The van der Waals surface area contributed by atoms with Crippen LogP contribution >= 0.6 is 11.6 Å². The zero-order chi connectivity index (χ0) is 26.9. The predicted molar refractivity (Wildman–Crippen MR) is 150 cm³/mol. The summed E-state index contributed by atoms with van der Waals surface area (Å²) in [7, 11) is 0. The summed E-state index contributed by atoms with van der Waals surface area (Å²) in [4.78, 5) is 26.7. The summed E-state index contributed by atoms with van der Waals surface area (Å²) in [5, 5.41) is 5.38. The van der Waals surface area contributed by atoms with Crippen LogP contribution in [0.15, 0.2) is 97.7 Å². The number of hydrogen-bond acceptors (Lipinski definition) is 4. The van der Waals surface area contributed by atoms with E-state index in [1.54, 1.807) is 18.5 Å². The van der Waals surface area contributed by atoms with Crippen LogP contribution in [0.2, 0.25) is 5.02 Å². The van der Waals surface area contributed by atoms with Gasteiger partial charge in [-0.3, -0.25) is 4.57 Å². The molecule has 3 heterocycles. The molecule has 10 heteroatoms. The van der Waals surface area contributed by atoms with Crippen molar-refractivity contribution in [3.05, 3.63) is 114 Å². The quantitative estimate of drug-likeness (QED) is 0.248. The monoisotopic (exact) mass is 537 g/mol. The standard InChI is InChI=1S/C29H21ClFN7O/c1-18-5-2-3-8-22(18)26-32-12-14-38(26)28-27-33-11-13-37(27)17-25(36-28)19-6-4-7-20(15-19)34-29(39)35-21-9-10-24(31)23(30)16-21/h2-17H,1H3,(H2,34,35,39). The second-order valence-corrected chi connectivity index (χ2v) is 9.24. The normalized spacial score (nSPS) is 11.1. The molecule has 0 aliphatic heterocycles. The first-order valence-corrected chi connectivity index (χ1v) is 12.4. The van der Waals surface area contributed by atoms with Gasteiger partial charge in [-0.05, 0) is 42.8 Å². The number of halogens is 2. The van der Waals surface area contributed by atoms with Crippen LogP contribution in [0.5, 0.6) is 0 Å². The van der Waals surface area contributed by atoms with Crippen LogP contribution in [0.1, 0.15) is 5.56 Å². The Hall–Kier alpha value is -5.02. The average molecular weight is 538 g/mol. The number of nitrogens with zero attached hydrogens (tertiary/aromatic N) is 5. The van der Waals surface area contributed by atoms with Crippen molar-refractivity contribution >= 4 is 34.7 Å². The maximum Gasteiger partial charge on any atom is 0.323 e. The molecule has 8 nitrogen and oxygen atoms in total. The maximum absolute atomic E-state index is 13.4. The molecule has 3 aromatic heterocycles. The fraction of sp³-hybridized carbons (Fsp3) is 0.0345. The van der Waals surface area contributed by atoms with Gasteiger partial charge in [0.1, 0.15) is 11.6 Å². The van der Waals surface area contributed by atoms with Crippen molar-refractivity contribution in [3.63, 3.8) is 0 Å². The van der Waals surface area contributed by atoms with E-state index in [4.69, 9.17) is 16.6 Å². The van der Waals surface area contributed by atoms with E-state index in [0.717, 1.165) is 22.5 Å². The molecule has 192 valence electrons. The van der Waals surface area contributed by atoms with Gasteiger partial charge in [0, 0.05) is 53.5 Å². The van der Waals surface area contributed by atoms with Gasteiger partial charge in [-0.25, -0.2) is 24.1 Å². The molecule has 0 radical (unpaired) electrons. The lowest BCUT2D eigenvalue weighted by Crippen LogP contribution is -2.19. The molecule has 3 aromatic carbocycles. The van der Waals surface area contributed by atoms with Gasteiger partial charge in [0.25, 0.3) is 0 Å². The minimum Gasteiger partial charge on any atom is -0.308 e. The topological polar surface area (TPSA) is 89.1 Å². The largest absolute Gasteiger partial charge is 0.323 e. The lowest BCUT2D eigenvalue weighted by molar-refractivity contribution is 0.262. The summed E-state index contributed by atoms with van der Waals surface area (Å²) in [6.07, 6.45) is 9.08. The number of imidazole rings is 2. The number of benzene rings is 3. The maximum atomic E-state index is 13.4. The van der Waals surface area contributed by atoms with Crippen LogP contribution in [-0.4, -0.2) is 30.0 Å². The third-order valence-corrected chi connectivity index (χ3v) is 6.49. The summed E-state index contributed by atoms with van der Waals surface area (Å²) in [5.41, 5.74) is 5.16. The first-order valence-electron chi connectivity index (χ1n) is 12.0. The van der Waals surface area contributed by atoms with E-state index in [1.165, 1.54) is 18.2 Å². The molecule has 0 fully saturated rings. The van der Waals surface area contributed by atoms with E-state index in [9.17, 15) is 9.18 Å². The number of fused-ring (bicyclic) bond motifs is 1. The van der Waals surface area contributed by atoms with Gasteiger partial charge in [0.2, 0.25) is 0 Å². The van der Waals surface area contributed by atoms with Gasteiger partial charge < -0.3 is 15.0 Å². The third kappa shape index (κ3) is 4.83. The van der Waals surface area contributed by atoms with Crippen LogP contribution < -0.4 is 10.6 Å². The lowest BCUT2D eigenvalue weighted by Gasteiger charge is -2.13. The van der Waals surface area contributed by atoms with E-state index < -0.39 is 11.8 Å². The Balaban J connectivity index is 1.34. The number of carbonyl (C=O) groups is 1. The molecule has 2 amide bonds. The highest BCUT2D eigenvalue weighted by Crippen LogP contribution is 2.28. The highest BCUT2D eigenvalue weighted by molar-refractivity contribution is 6.31. The molecule has 0 atom stereocenters. The summed E-state index contributed by atoms with van der Waals surface area (Å²) >= 11 is 5.82. The molecule has 6 aromatic rings. The Kier molecular flexibility index (Phi) is 6.26. The average Bonchev–Trinajstić information content (AvgIpc) is 3.61. The second-order valence-electron chi connectivity index (χ2n) is 8.83. The molecule has 0 aliphatic rings.